The molecule has 0 saturated heterocycles. The van der Waals surface area contributed by atoms with E-state index in [4.69, 9.17) is 0 Å². The standard InChI is InChI=1S/C16H15N5O2S/c1-8(22)17-10-4-5-11-14(6-10)24-16(18-11)19-15(23)13-7-12(20-21-13)9-2-3-9/h4-7,9H,2-3H2,1H3,(H,17,22)(H,20,21)(H,18,19,23). The van der Waals surface area contributed by atoms with Crippen LogP contribution in [0.3, 0.4) is 0 Å². The number of carbonyl (C=O) groups is 2. The van der Waals surface area contributed by atoms with E-state index in [1.54, 1.807) is 12.1 Å². The number of anilines is 2. The fourth-order valence-electron chi connectivity index (χ4n) is 2.48. The predicted octanol–water partition coefficient (Wildman–Crippen LogP) is 3.11. The first-order valence-corrected chi connectivity index (χ1v) is 8.45. The monoisotopic (exact) mass is 341 g/mol. The van der Waals surface area contributed by atoms with Crippen LogP contribution in [0.5, 0.6) is 0 Å². The number of benzene rings is 1. The Labute approximate surface area is 141 Å². The van der Waals surface area contributed by atoms with E-state index in [9.17, 15) is 9.59 Å². The molecule has 7 nitrogen and oxygen atoms in total. The molecule has 0 aliphatic heterocycles. The van der Waals surface area contributed by atoms with Crippen LogP contribution < -0.4 is 10.6 Å². The molecule has 3 N–H and O–H groups in total. The number of aromatic nitrogens is 3. The van der Waals surface area contributed by atoms with Crippen LogP contribution in [0.25, 0.3) is 10.2 Å². The third-order valence-electron chi connectivity index (χ3n) is 3.78. The van der Waals surface area contributed by atoms with Crippen LogP contribution in [0.15, 0.2) is 24.3 Å². The summed E-state index contributed by atoms with van der Waals surface area (Å²) in [6, 6.07) is 7.23. The van der Waals surface area contributed by atoms with Crippen molar-refractivity contribution in [2.24, 2.45) is 0 Å². The molecule has 2 amide bonds. The van der Waals surface area contributed by atoms with E-state index in [-0.39, 0.29) is 11.8 Å². The van der Waals surface area contributed by atoms with Crippen molar-refractivity contribution in [1.82, 2.24) is 15.2 Å². The van der Waals surface area contributed by atoms with Crippen molar-refractivity contribution >= 4 is 44.2 Å². The number of carbonyl (C=O) groups excluding carboxylic acids is 2. The highest BCUT2D eigenvalue weighted by Crippen LogP contribution is 2.39. The number of nitrogens with zero attached hydrogens (tertiary/aromatic N) is 2. The van der Waals surface area contributed by atoms with Gasteiger partial charge in [0.25, 0.3) is 5.91 Å². The van der Waals surface area contributed by atoms with Crippen molar-refractivity contribution in [3.8, 4) is 0 Å². The smallest absolute Gasteiger partial charge is 0.277 e. The Kier molecular flexibility index (Phi) is 3.53. The van der Waals surface area contributed by atoms with Crippen LogP contribution in [-0.4, -0.2) is 27.0 Å². The van der Waals surface area contributed by atoms with Crippen molar-refractivity contribution in [2.75, 3.05) is 10.6 Å². The first-order chi connectivity index (χ1) is 11.6. The number of nitrogens with one attached hydrogen (secondary N) is 3. The molecule has 122 valence electrons. The third-order valence-corrected chi connectivity index (χ3v) is 4.71. The van der Waals surface area contributed by atoms with Gasteiger partial charge < -0.3 is 5.32 Å². The van der Waals surface area contributed by atoms with Gasteiger partial charge in [0.2, 0.25) is 5.91 Å². The van der Waals surface area contributed by atoms with Crippen molar-refractivity contribution < 1.29 is 9.59 Å². The fourth-order valence-corrected chi connectivity index (χ4v) is 3.38. The Morgan fingerprint density at radius 1 is 1.25 bits per heavy atom. The Hall–Kier alpha value is -2.74. The maximum absolute atomic E-state index is 12.3. The van der Waals surface area contributed by atoms with E-state index >= 15 is 0 Å². The molecule has 4 rings (SSSR count). The zero-order chi connectivity index (χ0) is 16.7. The van der Waals surface area contributed by atoms with E-state index in [0.29, 0.717) is 22.4 Å². The number of H-pyrrole nitrogens is 1. The fraction of sp³-hybridized carbons (Fsp3) is 0.250. The molecule has 0 bridgehead atoms. The van der Waals surface area contributed by atoms with Gasteiger partial charge in [-0.05, 0) is 37.1 Å². The van der Waals surface area contributed by atoms with Crippen LogP contribution in [-0.2, 0) is 4.79 Å². The highest BCUT2D eigenvalue weighted by atomic mass is 32.1. The van der Waals surface area contributed by atoms with Gasteiger partial charge in [-0.25, -0.2) is 4.98 Å². The number of amides is 2. The van der Waals surface area contributed by atoms with Gasteiger partial charge in [0.15, 0.2) is 10.8 Å². The molecule has 0 radical (unpaired) electrons. The quantitative estimate of drug-likeness (QED) is 0.679. The number of hydrogen-bond donors (Lipinski definition) is 3. The average Bonchev–Trinajstić information content (AvgIpc) is 3.12. The SMILES string of the molecule is CC(=O)Nc1ccc2nc(NC(=O)c3cc(C4CC4)[nH]n3)sc2c1. The molecule has 0 spiro atoms. The first-order valence-electron chi connectivity index (χ1n) is 7.63. The summed E-state index contributed by atoms with van der Waals surface area (Å²) < 4.78 is 0.886. The van der Waals surface area contributed by atoms with E-state index in [2.05, 4.69) is 25.8 Å². The summed E-state index contributed by atoms with van der Waals surface area (Å²) in [5, 5.41) is 13.0. The van der Waals surface area contributed by atoms with Crippen LogP contribution >= 0.6 is 11.3 Å². The highest BCUT2D eigenvalue weighted by molar-refractivity contribution is 7.22. The molecule has 1 aromatic carbocycles. The van der Waals surface area contributed by atoms with Gasteiger partial charge in [0, 0.05) is 24.2 Å². The van der Waals surface area contributed by atoms with E-state index in [1.807, 2.05) is 12.1 Å². The highest BCUT2D eigenvalue weighted by Gasteiger charge is 2.26. The molecule has 1 aliphatic rings. The van der Waals surface area contributed by atoms with Gasteiger partial charge in [0.1, 0.15) is 0 Å². The van der Waals surface area contributed by atoms with Gasteiger partial charge >= 0.3 is 0 Å². The summed E-state index contributed by atoms with van der Waals surface area (Å²) in [4.78, 5) is 27.8. The molecule has 24 heavy (non-hydrogen) atoms. The zero-order valence-electron chi connectivity index (χ0n) is 12.9. The van der Waals surface area contributed by atoms with Crippen LogP contribution in [0.2, 0.25) is 0 Å². The summed E-state index contributed by atoms with van der Waals surface area (Å²) in [5.41, 5.74) is 2.86. The van der Waals surface area contributed by atoms with E-state index in [0.717, 1.165) is 28.8 Å². The van der Waals surface area contributed by atoms with Gasteiger partial charge in [0.05, 0.1) is 10.2 Å². The first kappa shape index (κ1) is 14.8. The normalized spacial score (nSPS) is 13.9. The summed E-state index contributed by atoms with van der Waals surface area (Å²) in [6.45, 7) is 1.46. The van der Waals surface area contributed by atoms with Gasteiger partial charge in [-0.15, -0.1) is 0 Å². The van der Waals surface area contributed by atoms with Crippen LogP contribution in [0.1, 0.15) is 41.9 Å². The van der Waals surface area contributed by atoms with Crippen LogP contribution in [0, 0.1) is 0 Å². The number of thiazole rings is 1. The van der Waals surface area contributed by atoms with Gasteiger partial charge in [-0.2, -0.15) is 5.10 Å². The Balaban J connectivity index is 1.52. The molecule has 1 saturated carbocycles. The second-order valence-electron chi connectivity index (χ2n) is 5.82. The second-order valence-corrected chi connectivity index (χ2v) is 6.85. The zero-order valence-corrected chi connectivity index (χ0v) is 13.7. The molecule has 8 heteroatoms. The molecule has 2 aromatic heterocycles. The topological polar surface area (TPSA) is 99.8 Å². The average molecular weight is 341 g/mol. The van der Waals surface area contributed by atoms with Crippen molar-refractivity contribution in [1.29, 1.82) is 0 Å². The van der Waals surface area contributed by atoms with Crippen molar-refractivity contribution in [3.05, 3.63) is 35.7 Å². The molecule has 1 fully saturated rings. The molecule has 1 aliphatic carbocycles. The Morgan fingerprint density at radius 2 is 2.08 bits per heavy atom. The molecular weight excluding hydrogens is 326 g/mol. The molecular formula is C16H15N5O2S. The Bertz CT molecular complexity index is 941. The number of fused-ring (bicyclic) bond motifs is 1. The molecule has 3 aromatic rings. The maximum Gasteiger partial charge on any atom is 0.277 e. The predicted molar refractivity (Wildman–Crippen MR) is 92.4 cm³/mol. The van der Waals surface area contributed by atoms with Crippen LogP contribution in [0.4, 0.5) is 10.8 Å². The largest absolute Gasteiger partial charge is 0.326 e. The van der Waals surface area contributed by atoms with Gasteiger partial charge in [-0.1, -0.05) is 11.3 Å². The van der Waals surface area contributed by atoms with E-state index < -0.39 is 0 Å². The number of hydrogen-bond acceptors (Lipinski definition) is 5. The molecule has 0 unspecified atom stereocenters. The van der Waals surface area contributed by atoms with E-state index in [1.165, 1.54) is 18.3 Å². The summed E-state index contributed by atoms with van der Waals surface area (Å²) in [6.07, 6.45) is 2.30. The number of rotatable bonds is 4. The summed E-state index contributed by atoms with van der Waals surface area (Å²) in [7, 11) is 0. The van der Waals surface area contributed by atoms with Crippen molar-refractivity contribution in [3.63, 3.8) is 0 Å². The lowest BCUT2D eigenvalue weighted by molar-refractivity contribution is -0.114. The lowest BCUT2D eigenvalue weighted by Gasteiger charge is -1.99. The minimum absolute atomic E-state index is 0.127. The second kappa shape index (κ2) is 5.72. The molecule has 2 heterocycles. The molecule has 0 atom stereocenters. The third kappa shape index (κ3) is 3.00. The summed E-state index contributed by atoms with van der Waals surface area (Å²) >= 11 is 1.35. The van der Waals surface area contributed by atoms with Gasteiger partial charge in [-0.3, -0.25) is 20.0 Å². The maximum atomic E-state index is 12.3. The number of aromatic amines is 1. The minimum Gasteiger partial charge on any atom is -0.326 e. The Morgan fingerprint density at radius 3 is 2.83 bits per heavy atom. The lowest BCUT2D eigenvalue weighted by Crippen LogP contribution is -2.12. The van der Waals surface area contributed by atoms with Crippen molar-refractivity contribution in [2.45, 2.75) is 25.7 Å². The lowest BCUT2D eigenvalue weighted by atomic mass is 10.2. The minimum atomic E-state index is -0.278. The summed E-state index contributed by atoms with van der Waals surface area (Å²) in [5.74, 6) is 0.116.